The number of hydrogen-bond donors (Lipinski definition) is 0. The van der Waals surface area contributed by atoms with Gasteiger partial charge in [0.15, 0.2) is 6.10 Å². The second-order valence-corrected chi connectivity index (χ2v) is 16.6. The zero-order valence-corrected chi connectivity index (χ0v) is 36.7. The third kappa shape index (κ3) is 40.1. The normalized spacial score (nSPS) is 12.4. The number of ether oxygens (including phenoxy) is 3. The molecule has 0 spiro atoms. The van der Waals surface area contributed by atoms with E-state index in [9.17, 15) is 14.4 Å². The lowest BCUT2D eigenvalue weighted by Crippen LogP contribution is -2.30. The number of hydrogen-bond acceptors (Lipinski definition) is 6. The highest BCUT2D eigenvalue weighted by atomic mass is 16.6. The molecular weight excluding hydrogens is 673 g/mol. The number of carbonyl (C=O) groups is 3. The monoisotopic (exact) mass is 765 g/mol. The van der Waals surface area contributed by atoms with E-state index in [1.807, 2.05) is 0 Å². The SMILES string of the molecule is CCCCCCCCCCCCCCCCC(=O)OC[C@@H](COC(=O)CCCCCCCCCCC(C)CC)OC(=O)CCCCCCCCCCCC. The topological polar surface area (TPSA) is 78.9 Å². The van der Waals surface area contributed by atoms with Gasteiger partial charge in [-0.2, -0.15) is 0 Å². The van der Waals surface area contributed by atoms with Gasteiger partial charge in [0.25, 0.3) is 0 Å². The van der Waals surface area contributed by atoms with Crippen molar-refractivity contribution in [1.82, 2.24) is 0 Å². The lowest BCUT2D eigenvalue weighted by atomic mass is 9.99. The summed E-state index contributed by atoms with van der Waals surface area (Å²) in [6, 6.07) is 0. The van der Waals surface area contributed by atoms with Crippen molar-refractivity contribution < 1.29 is 28.6 Å². The summed E-state index contributed by atoms with van der Waals surface area (Å²) in [5.74, 6) is -0.00491. The quantitative estimate of drug-likeness (QED) is 0.0349. The molecule has 320 valence electrons. The minimum absolute atomic E-state index is 0.0636. The molecule has 0 aromatic carbocycles. The molecule has 1 unspecified atom stereocenters. The van der Waals surface area contributed by atoms with Crippen LogP contribution in [0.1, 0.15) is 265 Å². The summed E-state index contributed by atoms with van der Waals surface area (Å²) in [5, 5.41) is 0. The highest BCUT2D eigenvalue weighted by molar-refractivity contribution is 5.71. The van der Waals surface area contributed by atoms with Crippen LogP contribution < -0.4 is 0 Å². The van der Waals surface area contributed by atoms with Crippen LogP contribution in [0.3, 0.4) is 0 Å². The number of rotatable bonds is 43. The van der Waals surface area contributed by atoms with Crippen molar-refractivity contribution in [2.75, 3.05) is 13.2 Å². The van der Waals surface area contributed by atoms with Crippen LogP contribution in [0.5, 0.6) is 0 Å². The fourth-order valence-corrected chi connectivity index (χ4v) is 7.12. The summed E-state index contributed by atoms with van der Waals surface area (Å²) >= 11 is 0. The van der Waals surface area contributed by atoms with Crippen molar-refractivity contribution in [3.63, 3.8) is 0 Å². The summed E-state index contributed by atoms with van der Waals surface area (Å²) in [6.07, 6.45) is 42.2. The molecule has 0 N–H and O–H groups in total. The van der Waals surface area contributed by atoms with E-state index >= 15 is 0 Å². The Hall–Kier alpha value is -1.59. The minimum Gasteiger partial charge on any atom is -0.462 e. The van der Waals surface area contributed by atoms with E-state index in [0.717, 1.165) is 63.7 Å². The van der Waals surface area contributed by atoms with Crippen molar-refractivity contribution in [2.45, 2.75) is 271 Å². The maximum atomic E-state index is 12.7. The van der Waals surface area contributed by atoms with Gasteiger partial charge in [-0.3, -0.25) is 14.4 Å². The lowest BCUT2D eigenvalue weighted by molar-refractivity contribution is -0.167. The first-order valence-electron chi connectivity index (χ1n) is 23.9. The fraction of sp³-hybridized carbons (Fsp3) is 0.938. The van der Waals surface area contributed by atoms with Gasteiger partial charge in [0, 0.05) is 19.3 Å². The second-order valence-electron chi connectivity index (χ2n) is 16.6. The summed E-state index contributed by atoms with van der Waals surface area (Å²) in [4.78, 5) is 37.7. The molecule has 6 nitrogen and oxygen atoms in total. The first-order valence-corrected chi connectivity index (χ1v) is 23.9. The minimum atomic E-state index is -0.759. The van der Waals surface area contributed by atoms with Gasteiger partial charge in [-0.1, -0.05) is 227 Å². The smallest absolute Gasteiger partial charge is 0.306 e. The molecule has 0 aromatic rings. The fourth-order valence-electron chi connectivity index (χ4n) is 7.12. The number of carbonyl (C=O) groups excluding carboxylic acids is 3. The molecule has 0 aliphatic rings. The third-order valence-electron chi connectivity index (χ3n) is 11.2. The van der Waals surface area contributed by atoms with E-state index in [1.165, 1.54) is 161 Å². The average Bonchev–Trinajstić information content (AvgIpc) is 3.17. The van der Waals surface area contributed by atoms with Gasteiger partial charge in [-0.25, -0.2) is 0 Å². The summed E-state index contributed by atoms with van der Waals surface area (Å²) in [5.41, 5.74) is 0. The van der Waals surface area contributed by atoms with Crippen LogP contribution in [-0.4, -0.2) is 37.2 Å². The Morgan fingerprint density at radius 2 is 0.648 bits per heavy atom. The molecule has 0 aliphatic carbocycles. The predicted molar refractivity (Wildman–Crippen MR) is 229 cm³/mol. The molecule has 0 amide bonds. The number of esters is 3. The molecule has 0 saturated carbocycles. The molecule has 2 atom stereocenters. The van der Waals surface area contributed by atoms with Crippen LogP contribution in [0.15, 0.2) is 0 Å². The zero-order chi connectivity index (χ0) is 39.6. The van der Waals surface area contributed by atoms with Gasteiger partial charge in [0.1, 0.15) is 13.2 Å². The first-order chi connectivity index (χ1) is 26.4. The van der Waals surface area contributed by atoms with Gasteiger partial charge in [-0.05, 0) is 25.2 Å². The van der Waals surface area contributed by atoms with E-state index in [2.05, 4.69) is 27.7 Å². The van der Waals surface area contributed by atoms with Crippen LogP contribution >= 0.6 is 0 Å². The Balaban J connectivity index is 4.31. The number of unbranched alkanes of at least 4 members (excludes halogenated alkanes) is 29. The lowest BCUT2D eigenvalue weighted by Gasteiger charge is -2.18. The molecule has 0 heterocycles. The van der Waals surface area contributed by atoms with Crippen molar-refractivity contribution >= 4 is 17.9 Å². The van der Waals surface area contributed by atoms with Crippen molar-refractivity contribution in [1.29, 1.82) is 0 Å². The predicted octanol–water partition coefficient (Wildman–Crippen LogP) is 15.1. The van der Waals surface area contributed by atoms with Gasteiger partial charge in [-0.15, -0.1) is 0 Å². The Morgan fingerprint density at radius 3 is 0.963 bits per heavy atom. The van der Waals surface area contributed by atoms with E-state index in [0.29, 0.717) is 19.3 Å². The van der Waals surface area contributed by atoms with Crippen molar-refractivity contribution in [3.8, 4) is 0 Å². The van der Waals surface area contributed by atoms with Crippen LogP contribution in [0, 0.1) is 5.92 Å². The van der Waals surface area contributed by atoms with Crippen molar-refractivity contribution in [3.05, 3.63) is 0 Å². The van der Waals surface area contributed by atoms with E-state index < -0.39 is 6.10 Å². The van der Waals surface area contributed by atoms with Gasteiger partial charge in [0.2, 0.25) is 0 Å². The Bertz CT molecular complexity index is 813. The molecule has 0 saturated heterocycles. The molecular formula is C48H92O6. The second kappa shape index (κ2) is 42.6. The van der Waals surface area contributed by atoms with Crippen LogP contribution in [0.2, 0.25) is 0 Å². The molecule has 0 fully saturated rings. The molecule has 0 rings (SSSR count). The van der Waals surface area contributed by atoms with E-state index in [-0.39, 0.29) is 31.1 Å². The molecule has 6 heteroatoms. The maximum absolute atomic E-state index is 12.7. The zero-order valence-electron chi connectivity index (χ0n) is 36.7. The molecule has 0 aliphatic heterocycles. The van der Waals surface area contributed by atoms with Crippen molar-refractivity contribution in [2.24, 2.45) is 5.92 Å². The van der Waals surface area contributed by atoms with Crippen LogP contribution in [-0.2, 0) is 28.6 Å². The summed E-state index contributed by atoms with van der Waals surface area (Å²) in [6.45, 7) is 9.00. The van der Waals surface area contributed by atoms with Crippen LogP contribution in [0.4, 0.5) is 0 Å². The molecule has 0 aromatic heterocycles. The average molecular weight is 765 g/mol. The summed E-state index contributed by atoms with van der Waals surface area (Å²) < 4.78 is 16.7. The maximum Gasteiger partial charge on any atom is 0.306 e. The van der Waals surface area contributed by atoms with E-state index in [1.54, 1.807) is 0 Å². The third-order valence-corrected chi connectivity index (χ3v) is 11.2. The Morgan fingerprint density at radius 1 is 0.370 bits per heavy atom. The van der Waals surface area contributed by atoms with Gasteiger partial charge in [0.05, 0.1) is 0 Å². The molecule has 0 bridgehead atoms. The largest absolute Gasteiger partial charge is 0.462 e. The van der Waals surface area contributed by atoms with E-state index in [4.69, 9.17) is 14.2 Å². The Labute approximate surface area is 336 Å². The first kappa shape index (κ1) is 52.4. The highest BCUT2D eigenvalue weighted by Gasteiger charge is 2.19. The van der Waals surface area contributed by atoms with Crippen LogP contribution in [0.25, 0.3) is 0 Å². The van der Waals surface area contributed by atoms with Gasteiger partial charge < -0.3 is 14.2 Å². The molecule has 54 heavy (non-hydrogen) atoms. The molecule has 0 radical (unpaired) electrons. The standard InChI is InChI=1S/C48H92O6/c1-5-8-10-12-14-16-18-19-20-21-23-27-31-35-39-46(49)52-42-45(54-48(51)41-37-33-29-22-17-15-13-11-9-6-2)43-53-47(50)40-36-32-28-25-24-26-30-34-38-44(4)7-3/h44-45H,5-43H2,1-4H3/t44?,45-/m0/s1. The Kier molecular flexibility index (Phi) is 41.3. The summed E-state index contributed by atoms with van der Waals surface area (Å²) in [7, 11) is 0. The highest BCUT2D eigenvalue weighted by Crippen LogP contribution is 2.17. The van der Waals surface area contributed by atoms with Gasteiger partial charge >= 0.3 is 17.9 Å².